The largest absolute Gasteiger partial charge is 0.351 e. The van der Waals surface area contributed by atoms with Gasteiger partial charge < -0.3 is 9.64 Å². The van der Waals surface area contributed by atoms with Crippen molar-refractivity contribution >= 4 is 5.91 Å². The Morgan fingerprint density at radius 3 is 2.88 bits per heavy atom. The molecule has 1 atom stereocenters. The number of hydrogen-bond acceptors (Lipinski definition) is 2. The highest BCUT2D eigenvalue weighted by molar-refractivity contribution is 5.76. The van der Waals surface area contributed by atoms with Gasteiger partial charge in [0.25, 0.3) is 0 Å². The molecule has 1 amide bonds. The smallest absolute Gasteiger partial charge is 0.224 e. The highest BCUT2D eigenvalue weighted by Crippen LogP contribution is 2.24. The van der Waals surface area contributed by atoms with Gasteiger partial charge in [-0.25, -0.2) is 0 Å². The van der Waals surface area contributed by atoms with Gasteiger partial charge in [0.05, 0.1) is 6.54 Å². The second-order valence-electron chi connectivity index (χ2n) is 4.06. The molecular weight excluding hydrogens is 202 g/mol. The molecule has 1 aliphatic heterocycles. The van der Waals surface area contributed by atoms with Gasteiger partial charge in [0.2, 0.25) is 5.91 Å². The van der Waals surface area contributed by atoms with Crippen molar-refractivity contribution in [3.05, 3.63) is 35.9 Å². The molecular formula is C13H17NO2. The SMILES string of the molecule is CCCC(=O)N1COC(c2ccccc2)C1. The first kappa shape index (κ1) is 11.1. The average Bonchev–Trinajstić information content (AvgIpc) is 2.80. The maximum absolute atomic E-state index is 11.7. The minimum absolute atomic E-state index is 0.0435. The van der Waals surface area contributed by atoms with E-state index in [4.69, 9.17) is 4.74 Å². The van der Waals surface area contributed by atoms with E-state index in [9.17, 15) is 4.79 Å². The monoisotopic (exact) mass is 219 g/mol. The van der Waals surface area contributed by atoms with Crippen molar-refractivity contribution in [1.29, 1.82) is 0 Å². The standard InChI is InChI=1S/C13H17NO2/c1-2-6-13(15)14-9-12(16-10-14)11-7-4-3-5-8-11/h3-5,7-8,12H,2,6,9-10H2,1H3. The average molecular weight is 219 g/mol. The first-order valence-electron chi connectivity index (χ1n) is 5.75. The van der Waals surface area contributed by atoms with Gasteiger partial charge in [0, 0.05) is 6.42 Å². The molecule has 0 aromatic heterocycles. The highest BCUT2D eigenvalue weighted by Gasteiger charge is 2.27. The Morgan fingerprint density at radius 1 is 1.44 bits per heavy atom. The van der Waals surface area contributed by atoms with Crippen molar-refractivity contribution in [3.8, 4) is 0 Å². The molecule has 1 saturated heterocycles. The van der Waals surface area contributed by atoms with E-state index in [0.29, 0.717) is 19.7 Å². The van der Waals surface area contributed by atoms with Crippen LogP contribution >= 0.6 is 0 Å². The number of benzene rings is 1. The molecule has 1 aliphatic rings. The topological polar surface area (TPSA) is 29.5 Å². The Morgan fingerprint density at radius 2 is 2.19 bits per heavy atom. The number of amides is 1. The van der Waals surface area contributed by atoms with Gasteiger partial charge in [-0.15, -0.1) is 0 Å². The fourth-order valence-electron chi connectivity index (χ4n) is 1.90. The molecule has 0 N–H and O–H groups in total. The van der Waals surface area contributed by atoms with E-state index in [1.54, 1.807) is 4.90 Å². The van der Waals surface area contributed by atoms with E-state index in [2.05, 4.69) is 0 Å². The zero-order chi connectivity index (χ0) is 11.4. The molecule has 86 valence electrons. The molecule has 3 heteroatoms. The van der Waals surface area contributed by atoms with Crippen LogP contribution in [0.1, 0.15) is 31.4 Å². The van der Waals surface area contributed by atoms with Crippen molar-refractivity contribution in [1.82, 2.24) is 4.90 Å². The summed E-state index contributed by atoms with van der Waals surface area (Å²) in [5.41, 5.74) is 1.15. The Bertz CT molecular complexity index is 350. The normalized spacial score (nSPS) is 20.1. The number of rotatable bonds is 3. The van der Waals surface area contributed by atoms with Crippen molar-refractivity contribution in [3.63, 3.8) is 0 Å². The summed E-state index contributed by atoms with van der Waals surface area (Å²) in [6.07, 6.45) is 1.55. The van der Waals surface area contributed by atoms with Gasteiger partial charge in [-0.3, -0.25) is 4.79 Å². The van der Waals surface area contributed by atoms with Gasteiger partial charge in [0.15, 0.2) is 0 Å². The van der Waals surface area contributed by atoms with E-state index in [-0.39, 0.29) is 12.0 Å². The summed E-state index contributed by atoms with van der Waals surface area (Å²) in [7, 11) is 0. The van der Waals surface area contributed by atoms with E-state index in [1.165, 1.54) is 0 Å². The third-order valence-corrected chi connectivity index (χ3v) is 2.81. The van der Waals surface area contributed by atoms with Crippen LogP contribution < -0.4 is 0 Å². The number of carbonyl (C=O) groups is 1. The van der Waals surface area contributed by atoms with Gasteiger partial charge in [-0.05, 0) is 12.0 Å². The third-order valence-electron chi connectivity index (χ3n) is 2.81. The number of nitrogens with zero attached hydrogens (tertiary/aromatic N) is 1. The molecule has 16 heavy (non-hydrogen) atoms. The minimum Gasteiger partial charge on any atom is -0.351 e. The Balaban J connectivity index is 1.96. The summed E-state index contributed by atoms with van der Waals surface area (Å²) in [6, 6.07) is 10.1. The first-order chi connectivity index (χ1) is 7.81. The van der Waals surface area contributed by atoms with Crippen LogP contribution in [0.15, 0.2) is 30.3 Å². The van der Waals surface area contributed by atoms with E-state index < -0.39 is 0 Å². The van der Waals surface area contributed by atoms with Crippen LogP contribution in [-0.4, -0.2) is 24.1 Å². The number of hydrogen-bond donors (Lipinski definition) is 0. The molecule has 1 aromatic rings. The van der Waals surface area contributed by atoms with Crippen LogP contribution in [0.3, 0.4) is 0 Å². The van der Waals surface area contributed by atoms with Crippen LogP contribution in [0.2, 0.25) is 0 Å². The van der Waals surface area contributed by atoms with E-state index in [0.717, 1.165) is 12.0 Å². The van der Waals surface area contributed by atoms with Crippen LogP contribution in [0.5, 0.6) is 0 Å². The van der Waals surface area contributed by atoms with Gasteiger partial charge in [-0.1, -0.05) is 37.3 Å². The lowest BCUT2D eigenvalue weighted by molar-refractivity contribution is -0.131. The maximum atomic E-state index is 11.7. The molecule has 1 fully saturated rings. The summed E-state index contributed by atoms with van der Waals surface area (Å²) in [5, 5.41) is 0. The predicted octanol–water partition coefficient (Wildman–Crippen LogP) is 2.34. The van der Waals surface area contributed by atoms with E-state index >= 15 is 0 Å². The van der Waals surface area contributed by atoms with Crippen LogP contribution in [0.25, 0.3) is 0 Å². The number of ether oxygens (including phenoxy) is 1. The quantitative estimate of drug-likeness (QED) is 0.781. The molecule has 3 nitrogen and oxygen atoms in total. The molecule has 0 bridgehead atoms. The Kier molecular flexibility index (Phi) is 3.57. The van der Waals surface area contributed by atoms with Gasteiger partial charge >= 0.3 is 0 Å². The minimum atomic E-state index is 0.0435. The first-order valence-corrected chi connectivity index (χ1v) is 5.75. The zero-order valence-electron chi connectivity index (χ0n) is 9.56. The molecule has 0 radical (unpaired) electrons. The molecule has 1 heterocycles. The van der Waals surface area contributed by atoms with E-state index in [1.807, 2.05) is 37.3 Å². The lowest BCUT2D eigenvalue weighted by atomic mass is 10.1. The maximum Gasteiger partial charge on any atom is 0.224 e. The van der Waals surface area contributed by atoms with Crippen LogP contribution in [-0.2, 0) is 9.53 Å². The molecule has 0 aliphatic carbocycles. The van der Waals surface area contributed by atoms with Crippen LogP contribution in [0.4, 0.5) is 0 Å². The lowest BCUT2D eigenvalue weighted by Gasteiger charge is -2.13. The fraction of sp³-hybridized carbons (Fsp3) is 0.462. The van der Waals surface area contributed by atoms with Gasteiger partial charge in [0.1, 0.15) is 12.8 Å². The second kappa shape index (κ2) is 5.12. The Hall–Kier alpha value is -1.35. The summed E-state index contributed by atoms with van der Waals surface area (Å²) >= 11 is 0. The zero-order valence-corrected chi connectivity index (χ0v) is 9.56. The third kappa shape index (κ3) is 2.42. The van der Waals surface area contributed by atoms with Crippen molar-refractivity contribution < 1.29 is 9.53 Å². The highest BCUT2D eigenvalue weighted by atomic mass is 16.5. The van der Waals surface area contributed by atoms with Crippen molar-refractivity contribution in [2.24, 2.45) is 0 Å². The molecule has 0 spiro atoms. The van der Waals surface area contributed by atoms with Crippen molar-refractivity contribution in [2.75, 3.05) is 13.3 Å². The van der Waals surface area contributed by atoms with Crippen LogP contribution in [0, 0.1) is 0 Å². The fourth-order valence-corrected chi connectivity index (χ4v) is 1.90. The molecule has 2 rings (SSSR count). The summed E-state index contributed by atoms with van der Waals surface area (Å²) in [5.74, 6) is 0.195. The molecule has 1 aromatic carbocycles. The summed E-state index contributed by atoms with van der Waals surface area (Å²) in [4.78, 5) is 13.5. The second-order valence-corrected chi connectivity index (χ2v) is 4.06. The Labute approximate surface area is 96.0 Å². The lowest BCUT2D eigenvalue weighted by Crippen LogP contribution is -2.28. The molecule has 1 unspecified atom stereocenters. The molecule has 0 saturated carbocycles. The predicted molar refractivity (Wildman–Crippen MR) is 61.8 cm³/mol. The van der Waals surface area contributed by atoms with Gasteiger partial charge in [-0.2, -0.15) is 0 Å². The van der Waals surface area contributed by atoms with Crippen molar-refractivity contribution in [2.45, 2.75) is 25.9 Å². The number of carbonyl (C=O) groups excluding carboxylic acids is 1. The summed E-state index contributed by atoms with van der Waals surface area (Å²) < 4.78 is 5.62. The summed E-state index contributed by atoms with van der Waals surface area (Å²) in [6.45, 7) is 3.13.